The zero-order valence-electron chi connectivity index (χ0n) is 15.3. The third-order valence-electron chi connectivity index (χ3n) is 5.78. The zero-order chi connectivity index (χ0) is 18.4. The number of fused-ring (bicyclic) bond motifs is 2. The first-order valence-electron chi connectivity index (χ1n) is 9.18. The second-order valence-electron chi connectivity index (χ2n) is 7.48. The van der Waals surface area contributed by atoms with Crippen molar-refractivity contribution >= 4 is 33.1 Å². The van der Waals surface area contributed by atoms with Gasteiger partial charge >= 0.3 is 0 Å². The molecule has 0 aromatic carbocycles. The lowest BCUT2D eigenvalue weighted by atomic mass is 9.78. The van der Waals surface area contributed by atoms with Gasteiger partial charge in [-0.3, -0.25) is 14.0 Å². The normalized spacial score (nSPS) is 23.4. The van der Waals surface area contributed by atoms with E-state index in [-0.39, 0.29) is 17.5 Å². The zero-order valence-corrected chi connectivity index (χ0v) is 16.1. The average molecular weight is 369 g/mol. The molecule has 1 saturated carbocycles. The Kier molecular flexibility index (Phi) is 4.31. The Morgan fingerprint density at radius 2 is 2.15 bits per heavy atom. The van der Waals surface area contributed by atoms with E-state index in [2.05, 4.69) is 24.1 Å². The van der Waals surface area contributed by atoms with Crippen LogP contribution in [-0.2, 0) is 0 Å². The lowest BCUT2D eigenvalue weighted by Crippen LogP contribution is -2.43. The summed E-state index contributed by atoms with van der Waals surface area (Å²) >= 11 is 1.30. The van der Waals surface area contributed by atoms with Crippen LogP contribution >= 0.6 is 11.3 Å². The minimum Gasteiger partial charge on any atom is -0.348 e. The van der Waals surface area contributed by atoms with Gasteiger partial charge in [0.1, 0.15) is 10.5 Å². The summed E-state index contributed by atoms with van der Waals surface area (Å²) in [5.41, 5.74) is 1.47. The Morgan fingerprint density at radius 1 is 1.35 bits per heavy atom. The molecule has 0 aliphatic heterocycles. The van der Waals surface area contributed by atoms with Crippen molar-refractivity contribution in [1.82, 2.24) is 14.7 Å². The van der Waals surface area contributed by atoms with Crippen LogP contribution in [0.25, 0.3) is 15.9 Å². The molecule has 0 radical (unpaired) electrons. The number of rotatable bonds is 2. The van der Waals surface area contributed by atoms with Crippen molar-refractivity contribution in [3.05, 3.63) is 45.2 Å². The molecule has 1 N–H and O–H groups in total. The van der Waals surface area contributed by atoms with Gasteiger partial charge in [-0.25, -0.2) is 4.98 Å². The van der Waals surface area contributed by atoms with E-state index in [1.807, 2.05) is 19.1 Å². The van der Waals surface area contributed by atoms with Crippen molar-refractivity contribution in [3.8, 4) is 0 Å². The van der Waals surface area contributed by atoms with Crippen LogP contribution in [0.1, 0.15) is 48.3 Å². The van der Waals surface area contributed by atoms with Crippen LogP contribution in [0.3, 0.4) is 0 Å². The maximum atomic E-state index is 12.8. The second kappa shape index (κ2) is 6.50. The Bertz CT molecular complexity index is 1050. The van der Waals surface area contributed by atoms with Crippen LogP contribution in [-0.4, -0.2) is 21.3 Å². The van der Waals surface area contributed by atoms with Crippen LogP contribution in [0.2, 0.25) is 0 Å². The molecule has 136 valence electrons. The van der Waals surface area contributed by atoms with Gasteiger partial charge in [0.15, 0.2) is 0 Å². The summed E-state index contributed by atoms with van der Waals surface area (Å²) in [7, 11) is 0. The van der Waals surface area contributed by atoms with E-state index >= 15 is 0 Å². The Hall–Kier alpha value is -2.21. The van der Waals surface area contributed by atoms with E-state index in [1.165, 1.54) is 17.8 Å². The SMILES string of the molecule is Cc1cccn2c(=O)c3cc(C(=O)N[C@@H]4CCC[C@H](C)[C@@H]4C)sc3nc12. The van der Waals surface area contributed by atoms with Gasteiger partial charge in [0.05, 0.1) is 10.3 Å². The number of pyridine rings is 1. The predicted molar refractivity (Wildman–Crippen MR) is 105 cm³/mol. The molecule has 1 amide bonds. The van der Waals surface area contributed by atoms with E-state index in [9.17, 15) is 9.59 Å². The van der Waals surface area contributed by atoms with Gasteiger partial charge in [-0.2, -0.15) is 0 Å². The second-order valence-corrected chi connectivity index (χ2v) is 8.51. The predicted octanol–water partition coefficient (Wildman–Crippen LogP) is 3.77. The molecule has 6 heteroatoms. The number of nitrogens with one attached hydrogen (secondary N) is 1. The Morgan fingerprint density at radius 3 is 2.96 bits per heavy atom. The van der Waals surface area contributed by atoms with Crippen molar-refractivity contribution in [2.75, 3.05) is 0 Å². The van der Waals surface area contributed by atoms with E-state index in [0.29, 0.717) is 32.6 Å². The molecule has 0 unspecified atom stereocenters. The number of hydrogen-bond donors (Lipinski definition) is 1. The number of aromatic nitrogens is 2. The molecular formula is C20H23N3O2S. The van der Waals surface area contributed by atoms with Crippen molar-refractivity contribution in [3.63, 3.8) is 0 Å². The van der Waals surface area contributed by atoms with Gasteiger partial charge in [-0.15, -0.1) is 11.3 Å². The molecule has 0 saturated heterocycles. The topological polar surface area (TPSA) is 63.5 Å². The summed E-state index contributed by atoms with van der Waals surface area (Å²) in [6.07, 6.45) is 5.12. The first kappa shape index (κ1) is 17.2. The molecule has 26 heavy (non-hydrogen) atoms. The fourth-order valence-corrected chi connectivity index (χ4v) is 4.82. The fourth-order valence-electron chi connectivity index (χ4n) is 3.90. The molecule has 1 aliphatic rings. The summed E-state index contributed by atoms with van der Waals surface area (Å²) in [6.45, 7) is 6.39. The summed E-state index contributed by atoms with van der Waals surface area (Å²) in [6, 6.07) is 5.66. The van der Waals surface area contributed by atoms with Crippen LogP contribution in [0.4, 0.5) is 0 Å². The van der Waals surface area contributed by atoms with Gasteiger partial charge in [0.2, 0.25) is 0 Å². The van der Waals surface area contributed by atoms with Crippen LogP contribution < -0.4 is 10.9 Å². The van der Waals surface area contributed by atoms with Crippen LogP contribution in [0, 0.1) is 18.8 Å². The number of amides is 1. The lowest BCUT2D eigenvalue weighted by molar-refractivity contribution is 0.0895. The molecule has 5 nitrogen and oxygen atoms in total. The first-order chi connectivity index (χ1) is 12.5. The first-order valence-corrected chi connectivity index (χ1v) is 9.99. The highest BCUT2D eigenvalue weighted by molar-refractivity contribution is 7.20. The smallest absolute Gasteiger partial charge is 0.266 e. The number of nitrogens with zero attached hydrogens (tertiary/aromatic N) is 2. The summed E-state index contributed by atoms with van der Waals surface area (Å²) in [5, 5.41) is 3.69. The van der Waals surface area contributed by atoms with Gasteiger partial charge in [0.25, 0.3) is 11.5 Å². The third-order valence-corrected chi connectivity index (χ3v) is 6.81. The van der Waals surface area contributed by atoms with Gasteiger partial charge in [0, 0.05) is 12.2 Å². The molecule has 3 atom stereocenters. The van der Waals surface area contributed by atoms with Crippen molar-refractivity contribution in [2.24, 2.45) is 11.8 Å². The van der Waals surface area contributed by atoms with E-state index in [1.54, 1.807) is 16.7 Å². The lowest BCUT2D eigenvalue weighted by Gasteiger charge is -2.34. The van der Waals surface area contributed by atoms with Crippen molar-refractivity contribution < 1.29 is 4.79 Å². The molecule has 3 aromatic heterocycles. The van der Waals surface area contributed by atoms with E-state index in [4.69, 9.17) is 0 Å². The molecular weight excluding hydrogens is 346 g/mol. The molecule has 4 rings (SSSR count). The highest BCUT2D eigenvalue weighted by Gasteiger charge is 2.29. The largest absolute Gasteiger partial charge is 0.348 e. The van der Waals surface area contributed by atoms with Gasteiger partial charge in [-0.1, -0.05) is 32.8 Å². The van der Waals surface area contributed by atoms with Gasteiger partial charge < -0.3 is 5.32 Å². The third kappa shape index (κ3) is 2.82. The quantitative estimate of drug-likeness (QED) is 0.748. The molecule has 0 bridgehead atoms. The average Bonchev–Trinajstić information content (AvgIpc) is 3.05. The fraction of sp³-hybridized carbons (Fsp3) is 0.450. The standard InChI is InChI=1S/C20H23N3O2S/c1-11-6-4-8-15(13(11)3)21-18(24)16-10-14-19(26-16)22-17-12(2)7-5-9-23(17)20(14)25/h5,7,9-11,13,15H,4,6,8H2,1-3H3,(H,21,24)/t11-,13-,15+/m0/s1. The van der Waals surface area contributed by atoms with Crippen LogP contribution in [0.5, 0.6) is 0 Å². The van der Waals surface area contributed by atoms with Gasteiger partial charge in [-0.05, 0) is 42.9 Å². The minimum atomic E-state index is -0.122. The molecule has 3 aromatic rings. The van der Waals surface area contributed by atoms with E-state index in [0.717, 1.165) is 18.4 Å². The molecule has 1 fully saturated rings. The highest BCUT2D eigenvalue weighted by Crippen LogP contribution is 2.30. The summed E-state index contributed by atoms with van der Waals surface area (Å²) in [5.74, 6) is 0.997. The maximum Gasteiger partial charge on any atom is 0.266 e. The summed E-state index contributed by atoms with van der Waals surface area (Å²) in [4.78, 5) is 31.3. The maximum absolute atomic E-state index is 12.8. The molecule has 3 heterocycles. The Balaban J connectivity index is 1.70. The monoisotopic (exact) mass is 369 g/mol. The van der Waals surface area contributed by atoms with E-state index < -0.39 is 0 Å². The number of aryl methyl sites for hydroxylation is 1. The minimum absolute atomic E-state index is 0.0934. The number of carbonyl (C=O) groups is 1. The van der Waals surface area contributed by atoms with Crippen molar-refractivity contribution in [2.45, 2.75) is 46.1 Å². The number of carbonyl (C=O) groups excluding carboxylic acids is 1. The molecule has 0 spiro atoms. The highest BCUT2D eigenvalue weighted by atomic mass is 32.1. The molecule has 1 aliphatic carbocycles. The summed E-state index contributed by atoms with van der Waals surface area (Å²) < 4.78 is 1.55. The Labute approximate surface area is 156 Å². The van der Waals surface area contributed by atoms with Crippen LogP contribution in [0.15, 0.2) is 29.2 Å². The van der Waals surface area contributed by atoms with Crippen molar-refractivity contribution in [1.29, 1.82) is 0 Å². The number of hydrogen-bond acceptors (Lipinski definition) is 4. The number of thiophene rings is 1.